The molecule has 168 valence electrons. The summed E-state index contributed by atoms with van der Waals surface area (Å²) in [6.45, 7) is 1.50. The number of pyridine rings is 2. The Morgan fingerprint density at radius 2 is 1.84 bits per heavy atom. The number of rotatable bonds is 3. The van der Waals surface area contributed by atoms with Gasteiger partial charge >= 0.3 is 6.18 Å². The second-order valence-corrected chi connectivity index (χ2v) is 7.61. The summed E-state index contributed by atoms with van der Waals surface area (Å²) in [5.74, 6) is -2.09. The van der Waals surface area contributed by atoms with Crippen LogP contribution in [0.15, 0.2) is 42.7 Å². The lowest BCUT2D eigenvalue weighted by molar-refractivity contribution is -0.141. The molecule has 0 saturated carbocycles. The number of amides is 1. The predicted molar refractivity (Wildman–Crippen MR) is 107 cm³/mol. The molecule has 5 nitrogen and oxygen atoms in total. The van der Waals surface area contributed by atoms with Crippen molar-refractivity contribution in [2.45, 2.75) is 19.1 Å². The van der Waals surface area contributed by atoms with Gasteiger partial charge in [-0.1, -0.05) is 6.07 Å². The first-order valence-corrected chi connectivity index (χ1v) is 10.00. The minimum Gasteiger partial charge on any atom is -0.337 e. The standard InChI is InChI=1S/C22H19F5N4O/c23-16-3-2-14(18(24)11-16)13-30-6-1-7-31(9-8-30)21(32)17-10-15-12-28-5-4-19(15)29-20(17)22(25,26)27/h2-5,10-12H,1,6-9,13H2. The SMILES string of the molecule is O=C(c1cc2cnccc2nc1C(F)(F)F)N1CCCN(Cc2ccc(F)cc2F)CC1. The molecule has 1 aliphatic heterocycles. The van der Waals surface area contributed by atoms with Crippen molar-refractivity contribution in [2.24, 2.45) is 0 Å². The van der Waals surface area contributed by atoms with Crippen molar-refractivity contribution < 1.29 is 26.7 Å². The molecule has 2 aromatic heterocycles. The number of carbonyl (C=O) groups is 1. The van der Waals surface area contributed by atoms with E-state index in [4.69, 9.17) is 0 Å². The molecule has 0 atom stereocenters. The summed E-state index contributed by atoms with van der Waals surface area (Å²) in [4.78, 5) is 23.9. The van der Waals surface area contributed by atoms with Gasteiger partial charge in [-0.2, -0.15) is 13.2 Å². The Morgan fingerprint density at radius 1 is 1.03 bits per heavy atom. The van der Waals surface area contributed by atoms with Gasteiger partial charge in [-0.15, -0.1) is 0 Å². The van der Waals surface area contributed by atoms with Gasteiger partial charge in [0.05, 0.1) is 11.1 Å². The lowest BCUT2D eigenvalue weighted by Gasteiger charge is -2.23. The molecule has 1 saturated heterocycles. The van der Waals surface area contributed by atoms with Crippen molar-refractivity contribution in [1.82, 2.24) is 19.8 Å². The second kappa shape index (κ2) is 8.78. The van der Waals surface area contributed by atoms with E-state index in [0.29, 0.717) is 30.5 Å². The molecule has 0 radical (unpaired) electrons. The molecule has 32 heavy (non-hydrogen) atoms. The van der Waals surface area contributed by atoms with Crippen LogP contribution in [0, 0.1) is 11.6 Å². The topological polar surface area (TPSA) is 49.3 Å². The molecule has 3 aromatic rings. The lowest BCUT2D eigenvalue weighted by atomic mass is 10.1. The van der Waals surface area contributed by atoms with Crippen LogP contribution in [0.5, 0.6) is 0 Å². The summed E-state index contributed by atoms with van der Waals surface area (Å²) < 4.78 is 68.0. The first-order chi connectivity index (χ1) is 15.2. The molecule has 1 fully saturated rings. The molecular formula is C22H19F5N4O. The van der Waals surface area contributed by atoms with Crippen molar-refractivity contribution in [2.75, 3.05) is 26.2 Å². The van der Waals surface area contributed by atoms with Crippen LogP contribution in [0.3, 0.4) is 0 Å². The second-order valence-electron chi connectivity index (χ2n) is 7.61. The number of fused-ring (bicyclic) bond motifs is 1. The molecule has 1 amide bonds. The maximum Gasteiger partial charge on any atom is 0.434 e. The highest BCUT2D eigenvalue weighted by Gasteiger charge is 2.39. The number of alkyl halides is 3. The highest BCUT2D eigenvalue weighted by atomic mass is 19.4. The zero-order valence-corrected chi connectivity index (χ0v) is 16.9. The van der Waals surface area contributed by atoms with E-state index in [9.17, 15) is 26.7 Å². The van der Waals surface area contributed by atoms with Crippen molar-refractivity contribution in [3.05, 3.63) is 71.2 Å². The average Bonchev–Trinajstić information content (AvgIpc) is 2.99. The zero-order chi connectivity index (χ0) is 22.9. The van der Waals surface area contributed by atoms with E-state index in [1.807, 2.05) is 4.90 Å². The van der Waals surface area contributed by atoms with E-state index in [1.165, 1.54) is 41.6 Å². The first-order valence-electron chi connectivity index (χ1n) is 10.00. The maximum atomic E-state index is 14.0. The van der Waals surface area contributed by atoms with Crippen LogP contribution >= 0.6 is 0 Å². The van der Waals surface area contributed by atoms with Crippen LogP contribution in [0.2, 0.25) is 0 Å². The molecule has 0 spiro atoms. The Kier molecular flexibility index (Phi) is 6.05. The molecule has 3 heterocycles. The van der Waals surface area contributed by atoms with E-state index in [2.05, 4.69) is 9.97 Å². The number of carbonyl (C=O) groups excluding carboxylic acids is 1. The molecule has 0 aliphatic carbocycles. The van der Waals surface area contributed by atoms with E-state index in [-0.39, 0.29) is 25.2 Å². The van der Waals surface area contributed by atoms with E-state index in [1.54, 1.807) is 0 Å². The first kappa shape index (κ1) is 22.1. The Balaban J connectivity index is 1.54. The third-order valence-electron chi connectivity index (χ3n) is 5.40. The molecule has 1 aromatic carbocycles. The summed E-state index contributed by atoms with van der Waals surface area (Å²) in [5, 5.41) is 0.340. The Morgan fingerprint density at radius 3 is 2.59 bits per heavy atom. The van der Waals surface area contributed by atoms with E-state index < -0.39 is 35.0 Å². The van der Waals surface area contributed by atoms with Gasteiger partial charge in [-0.25, -0.2) is 13.8 Å². The minimum atomic E-state index is -4.79. The number of benzene rings is 1. The summed E-state index contributed by atoms with van der Waals surface area (Å²) in [7, 11) is 0. The van der Waals surface area contributed by atoms with Gasteiger partial charge < -0.3 is 4.90 Å². The fourth-order valence-electron chi connectivity index (χ4n) is 3.79. The van der Waals surface area contributed by atoms with Crippen LogP contribution in [0.1, 0.15) is 28.0 Å². The van der Waals surface area contributed by atoms with Gasteiger partial charge in [-0.05, 0) is 24.6 Å². The zero-order valence-electron chi connectivity index (χ0n) is 16.9. The van der Waals surface area contributed by atoms with Crippen LogP contribution in [0.4, 0.5) is 22.0 Å². The largest absolute Gasteiger partial charge is 0.434 e. The van der Waals surface area contributed by atoms with Gasteiger partial charge in [0.2, 0.25) is 0 Å². The third kappa shape index (κ3) is 4.69. The van der Waals surface area contributed by atoms with E-state index >= 15 is 0 Å². The Labute approximate surface area is 180 Å². The van der Waals surface area contributed by atoms with Crippen LogP contribution in [0.25, 0.3) is 10.9 Å². The van der Waals surface area contributed by atoms with Gasteiger partial charge in [0.1, 0.15) is 11.6 Å². The number of hydrogen-bond acceptors (Lipinski definition) is 4. The molecular weight excluding hydrogens is 431 g/mol. The van der Waals surface area contributed by atoms with Crippen molar-refractivity contribution in [1.29, 1.82) is 0 Å². The summed E-state index contributed by atoms with van der Waals surface area (Å²) in [6.07, 6.45) is -1.59. The minimum absolute atomic E-state index is 0.104. The van der Waals surface area contributed by atoms with Crippen LogP contribution < -0.4 is 0 Å². The lowest BCUT2D eigenvalue weighted by Crippen LogP contribution is -2.36. The quantitative estimate of drug-likeness (QED) is 0.559. The number of nitrogens with zero attached hydrogens (tertiary/aromatic N) is 4. The predicted octanol–water partition coefficient (Wildman–Crippen LogP) is 4.27. The molecule has 4 rings (SSSR count). The number of halogens is 5. The third-order valence-corrected chi connectivity index (χ3v) is 5.40. The fraction of sp³-hybridized carbons (Fsp3) is 0.318. The summed E-state index contributed by atoms with van der Waals surface area (Å²) >= 11 is 0. The fourth-order valence-corrected chi connectivity index (χ4v) is 3.79. The van der Waals surface area contributed by atoms with Crippen molar-refractivity contribution in [3.63, 3.8) is 0 Å². The maximum absolute atomic E-state index is 14.0. The molecule has 1 aliphatic rings. The van der Waals surface area contributed by atoms with Gasteiger partial charge in [0.15, 0.2) is 5.69 Å². The molecule has 0 unspecified atom stereocenters. The van der Waals surface area contributed by atoms with Crippen LogP contribution in [-0.4, -0.2) is 51.9 Å². The normalized spacial score (nSPS) is 15.7. The monoisotopic (exact) mass is 450 g/mol. The smallest absolute Gasteiger partial charge is 0.337 e. The van der Waals surface area contributed by atoms with Gasteiger partial charge in [0, 0.05) is 62.1 Å². The highest BCUT2D eigenvalue weighted by Crippen LogP contribution is 2.33. The average molecular weight is 450 g/mol. The summed E-state index contributed by atoms with van der Waals surface area (Å²) in [5.41, 5.74) is -1.32. The van der Waals surface area contributed by atoms with Crippen LogP contribution in [-0.2, 0) is 12.7 Å². The Hall–Kier alpha value is -3.14. The van der Waals surface area contributed by atoms with Crippen molar-refractivity contribution >= 4 is 16.8 Å². The van der Waals surface area contributed by atoms with E-state index in [0.717, 1.165) is 6.07 Å². The van der Waals surface area contributed by atoms with Gasteiger partial charge in [-0.3, -0.25) is 14.7 Å². The van der Waals surface area contributed by atoms with Gasteiger partial charge in [0.25, 0.3) is 5.91 Å². The summed E-state index contributed by atoms with van der Waals surface area (Å²) in [6, 6.07) is 5.88. The molecule has 0 N–H and O–H groups in total. The number of hydrogen-bond donors (Lipinski definition) is 0. The molecule has 10 heteroatoms. The highest BCUT2D eigenvalue weighted by molar-refractivity contribution is 5.98. The number of aromatic nitrogens is 2. The van der Waals surface area contributed by atoms with Crippen molar-refractivity contribution in [3.8, 4) is 0 Å². The molecule has 0 bridgehead atoms. The Bertz CT molecular complexity index is 1150.